The molecule has 100 valence electrons. The van der Waals surface area contributed by atoms with Crippen molar-refractivity contribution in [2.75, 3.05) is 13.1 Å². The van der Waals surface area contributed by atoms with Crippen LogP contribution in [-0.2, 0) is 0 Å². The van der Waals surface area contributed by atoms with Gasteiger partial charge in [0.15, 0.2) is 0 Å². The van der Waals surface area contributed by atoms with Crippen LogP contribution in [0.15, 0.2) is 12.7 Å². The average molecular weight is 239 g/mol. The van der Waals surface area contributed by atoms with E-state index in [1.165, 1.54) is 6.42 Å². The molecule has 0 aromatic rings. The zero-order valence-corrected chi connectivity index (χ0v) is 12.1. The first kappa shape index (κ1) is 14.7. The molecule has 4 atom stereocenters. The molecule has 0 amide bonds. The SMILES string of the molecule is C=CC(O)C1CN(C(C)(C)C)CC(CC)[C@@H]1C. The third-order valence-electron chi connectivity index (χ3n) is 4.46. The minimum Gasteiger partial charge on any atom is -0.389 e. The lowest BCUT2D eigenvalue weighted by atomic mass is 9.74. The van der Waals surface area contributed by atoms with E-state index in [0.29, 0.717) is 17.8 Å². The fraction of sp³-hybridized carbons (Fsp3) is 0.867. The van der Waals surface area contributed by atoms with Crippen molar-refractivity contribution in [1.82, 2.24) is 4.90 Å². The Morgan fingerprint density at radius 2 is 2.00 bits per heavy atom. The van der Waals surface area contributed by atoms with Gasteiger partial charge in [-0.25, -0.2) is 0 Å². The number of nitrogens with zero attached hydrogens (tertiary/aromatic N) is 1. The minimum absolute atomic E-state index is 0.187. The number of hydrogen-bond donors (Lipinski definition) is 1. The van der Waals surface area contributed by atoms with Crippen molar-refractivity contribution in [3.63, 3.8) is 0 Å². The molecule has 1 aliphatic heterocycles. The minimum atomic E-state index is -0.371. The summed E-state index contributed by atoms with van der Waals surface area (Å²) in [7, 11) is 0. The van der Waals surface area contributed by atoms with Crippen molar-refractivity contribution in [3.05, 3.63) is 12.7 Å². The van der Waals surface area contributed by atoms with Gasteiger partial charge in [0.1, 0.15) is 0 Å². The molecule has 0 radical (unpaired) electrons. The quantitative estimate of drug-likeness (QED) is 0.766. The molecule has 1 aliphatic rings. The standard InChI is InChI=1S/C15H29NO/c1-7-12-9-16(15(4,5)6)10-13(11(12)3)14(17)8-2/h8,11-14,17H,2,7,9-10H2,1,3-6H3/t11-,12?,13?,14?/m0/s1. The zero-order chi connectivity index (χ0) is 13.2. The predicted octanol–water partition coefficient (Wildman–Crippen LogP) is 2.93. The number of likely N-dealkylation sites (tertiary alicyclic amines) is 1. The predicted molar refractivity (Wildman–Crippen MR) is 74.0 cm³/mol. The van der Waals surface area contributed by atoms with E-state index >= 15 is 0 Å². The highest BCUT2D eigenvalue weighted by molar-refractivity contribution is 4.96. The van der Waals surface area contributed by atoms with Crippen LogP contribution in [0.4, 0.5) is 0 Å². The Morgan fingerprint density at radius 1 is 1.41 bits per heavy atom. The third-order valence-corrected chi connectivity index (χ3v) is 4.46. The van der Waals surface area contributed by atoms with Gasteiger partial charge in [0, 0.05) is 24.5 Å². The summed E-state index contributed by atoms with van der Waals surface area (Å²) in [6.07, 6.45) is 2.51. The van der Waals surface area contributed by atoms with E-state index in [-0.39, 0.29) is 11.6 Å². The molecule has 17 heavy (non-hydrogen) atoms. The summed E-state index contributed by atoms with van der Waals surface area (Å²) in [6, 6.07) is 0. The molecule has 2 heteroatoms. The molecule has 0 aromatic carbocycles. The Bertz CT molecular complexity index is 256. The average Bonchev–Trinajstić information content (AvgIpc) is 2.26. The molecule has 1 N–H and O–H groups in total. The van der Waals surface area contributed by atoms with E-state index < -0.39 is 0 Å². The van der Waals surface area contributed by atoms with Crippen LogP contribution in [0.25, 0.3) is 0 Å². The maximum atomic E-state index is 10.1. The van der Waals surface area contributed by atoms with Crippen molar-refractivity contribution < 1.29 is 5.11 Å². The number of aliphatic hydroxyl groups is 1. The summed E-state index contributed by atoms with van der Waals surface area (Å²) in [5.74, 6) is 1.58. The highest BCUT2D eigenvalue weighted by Crippen LogP contribution is 2.35. The molecule has 2 nitrogen and oxygen atoms in total. The molecule has 1 saturated heterocycles. The molecular weight excluding hydrogens is 210 g/mol. The molecular formula is C15H29NO. The smallest absolute Gasteiger partial charge is 0.0761 e. The van der Waals surface area contributed by atoms with E-state index in [2.05, 4.69) is 46.1 Å². The second-order valence-corrected chi connectivity index (χ2v) is 6.49. The van der Waals surface area contributed by atoms with Gasteiger partial charge in [-0.15, -0.1) is 6.58 Å². The molecule has 0 aliphatic carbocycles. The van der Waals surface area contributed by atoms with Crippen LogP contribution in [0.5, 0.6) is 0 Å². The molecule has 3 unspecified atom stereocenters. The number of piperidine rings is 1. The highest BCUT2D eigenvalue weighted by Gasteiger charge is 2.39. The molecule has 0 bridgehead atoms. The van der Waals surface area contributed by atoms with Crippen molar-refractivity contribution >= 4 is 0 Å². The van der Waals surface area contributed by atoms with Crippen molar-refractivity contribution in [2.45, 2.75) is 52.7 Å². The molecule has 1 rings (SSSR count). The van der Waals surface area contributed by atoms with Crippen LogP contribution < -0.4 is 0 Å². The first-order valence-electron chi connectivity index (χ1n) is 6.87. The maximum absolute atomic E-state index is 10.1. The van der Waals surface area contributed by atoms with Crippen LogP contribution in [0, 0.1) is 17.8 Å². The van der Waals surface area contributed by atoms with E-state index in [0.717, 1.165) is 13.1 Å². The van der Waals surface area contributed by atoms with Crippen LogP contribution in [0.3, 0.4) is 0 Å². The number of hydrogen-bond acceptors (Lipinski definition) is 2. The van der Waals surface area contributed by atoms with Gasteiger partial charge in [-0.3, -0.25) is 4.90 Å². The Balaban J connectivity index is 2.86. The lowest BCUT2D eigenvalue weighted by molar-refractivity contribution is -0.0283. The van der Waals surface area contributed by atoms with Crippen LogP contribution in [0.1, 0.15) is 41.0 Å². The molecule has 1 heterocycles. The van der Waals surface area contributed by atoms with Crippen molar-refractivity contribution in [1.29, 1.82) is 0 Å². The monoisotopic (exact) mass is 239 g/mol. The van der Waals surface area contributed by atoms with Gasteiger partial charge in [0.05, 0.1) is 6.10 Å². The first-order valence-corrected chi connectivity index (χ1v) is 6.87. The van der Waals surface area contributed by atoms with Gasteiger partial charge >= 0.3 is 0 Å². The number of aliphatic hydroxyl groups excluding tert-OH is 1. The van der Waals surface area contributed by atoms with Crippen molar-refractivity contribution in [3.8, 4) is 0 Å². The summed E-state index contributed by atoms with van der Waals surface area (Å²) in [6.45, 7) is 17.2. The lowest BCUT2D eigenvalue weighted by Crippen LogP contribution is -2.55. The van der Waals surface area contributed by atoms with Gasteiger partial charge in [-0.2, -0.15) is 0 Å². The zero-order valence-electron chi connectivity index (χ0n) is 12.1. The van der Waals surface area contributed by atoms with Gasteiger partial charge in [0.2, 0.25) is 0 Å². The fourth-order valence-corrected chi connectivity index (χ4v) is 2.94. The van der Waals surface area contributed by atoms with E-state index in [9.17, 15) is 5.11 Å². The molecule has 0 aromatic heterocycles. The van der Waals surface area contributed by atoms with Gasteiger partial charge in [0.25, 0.3) is 0 Å². The first-order chi connectivity index (χ1) is 7.81. The second kappa shape index (κ2) is 5.53. The Kier molecular flexibility index (Phi) is 4.79. The van der Waals surface area contributed by atoms with Crippen LogP contribution in [0.2, 0.25) is 0 Å². The molecule has 0 spiro atoms. The topological polar surface area (TPSA) is 23.5 Å². The van der Waals surface area contributed by atoms with Gasteiger partial charge in [-0.1, -0.05) is 26.3 Å². The third kappa shape index (κ3) is 3.32. The number of rotatable bonds is 3. The van der Waals surface area contributed by atoms with E-state index in [1.54, 1.807) is 6.08 Å². The summed E-state index contributed by atoms with van der Waals surface area (Å²) < 4.78 is 0. The highest BCUT2D eigenvalue weighted by atomic mass is 16.3. The summed E-state index contributed by atoms with van der Waals surface area (Å²) in [4.78, 5) is 2.51. The fourth-order valence-electron chi connectivity index (χ4n) is 2.94. The second-order valence-electron chi connectivity index (χ2n) is 6.49. The van der Waals surface area contributed by atoms with Crippen LogP contribution in [-0.4, -0.2) is 34.7 Å². The van der Waals surface area contributed by atoms with Gasteiger partial charge < -0.3 is 5.11 Å². The Hall–Kier alpha value is -0.340. The molecule has 0 saturated carbocycles. The summed E-state index contributed by atoms with van der Waals surface area (Å²) >= 11 is 0. The summed E-state index contributed by atoms with van der Waals surface area (Å²) in [5, 5.41) is 10.1. The molecule has 1 fully saturated rings. The van der Waals surface area contributed by atoms with Crippen LogP contribution >= 0.6 is 0 Å². The summed E-state index contributed by atoms with van der Waals surface area (Å²) in [5.41, 5.74) is 0.187. The Morgan fingerprint density at radius 3 is 2.41 bits per heavy atom. The van der Waals surface area contributed by atoms with E-state index in [1.807, 2.05) is 0 Å². The Labute approximate surface area is 107 Å². The van der Waals surface area contributed by atoms with E-state index in [4.69, 9.17) is 0 Å². The van der Waals surface area contributed by atoms with Crippen molar-refractivity contribution in [2.24, 2.45) is 17.8 Å². The lowest BCUT2D eigenvalue weighted by Gasteiger charge is -2.49. The maximum Gasteiger partial charge on any atom is 0.0761 e. The van der Waals surface area contributed by atoms with Gasteiger partial charge in [-0.05, 0) is 32.6 Å². The normalized spacial score (nSPS) is 33.4. The largest absolute Gasteiger partial charge is 0.389 e.